The Morgan fingerprint density at radius 3 is 2.74 bits per heavy atom. The number of hydrogen-bond donors (Lipinski definition) is 2. The molecule has 6 heteroatoms. The van der Waals surface area contributed by atoms with Crippen LogP contribution in [0, 0.1) is 0 Å². The summed E-state index contributed by atoms with van der Waals surface area (Å²) in [6.45, 7) is 1.82. The molecule has 1 heterocycles. The second-order valence-corrected chi connectivity index (χ2v) is 7.22. The van der Waals surface area contributed by atoms with E-state index in [9.17, 15) is 9.59 Å². The summed E-state index contributed by atoms with van der Waals surface area (Å²) in [5, 5.41) is 13.6. The zero-order valence-corrected chi connectivity index (χ0v) is 14.5. The van der Waals surface area contributed by atoms with E-state index < -0.39 is 5.97 Å². The molecule has 0 aliphatic carbocycles. The van der Waals surface area contributed by atoms with Crippen molar-refractivity contribution >= 4 is 35.0 Å². The molecule has 2 aromatic rings. The van der Waals surface area contributed by atoms with Gasteiger partial charge in [-0.05, 0) is 36.9 Å². The number of nitrogens with one attached hydrogen (secondary N) is 1. The van der Waals surface area contributed by atoms with Crippen LogP contribution in [0.5, 0.6) is 0 Å². The normalized spacial score (nSPS) is 11.9. The highest BCUT2D eigenvalue weighted by Crippen LogP contribution is 2.28. The van der Waals surface area contributed by atoms with Crippen LogP contribution in [0.4, 0.5) is 0 Å². The summed E-state index contributed by atoms with van der Waals surface area (Å²) in [4.78, 5) is 25.2. The van der Waals surface area contributed by atoms with Crippen LogP contribution in [-0.4, -0.2) is 23.0 Å². The molecule has 23 heavy (non-hydrogen) atoms. The molecule has 0 saturated heterocycles. The van der Waals surface area contributed by atoms with E-state index in [0.29, 0.717) is 12.0 Å². The van der Waals surface area contributed by atoms with Gasteiger partial charge in [0.1, 0.15) is 0 Å². The van der Waals surface area contributed by atoms with Crippen molar-refractivity contribution in [3.63, 3.8) is 0 Å². The van der Waals surface area contributed by atoms with Gasteiger partial charge < -0.3 is 10.4 Å². The molecule has 1 aromatic carbocycles. The summed E-state index contributed by atoms with van der Waals surface area (Å²) in [6.07, 6.45) is 0.474. The molecule has 1 atom stereocenters. The molecule has 2 rings (SSSR count). The Morgan fingerprint density at radius 2 is 2.04 bits per heavy atom. The van der Waals surface area contributed by atoms with E-state index in [4.69, 9.17) is 5.11 Å². The number of carbonyl (C=O) groups is 2. The zero-order valence-electron chi connectivity index (χ0n) is 12.8. The van der Waals surface area contributed by atoms with Crippen molar-refractivity contribution in [1.29, 1.82) is 0 Å². The smallest absolute Gasteiger partial charge is 0.303 e. The molecule has 2 N–H and O–H groups in total. The van der Waals surface area contributed by atoms with E-state index in [1.165, 1.54) is 4.88 Å². The summed E-state index contributed by atoms with van der Waals surface area (Å²) in [5.74, 6) is -0.175. The molecule has 1 unspecified atom stereocenters. The summed E-state index contributed by atoms with van der Waals surface area (Å²) < 4.78 is 0. The van der Waals surface area contributed by atoms with E-state index in [1.54, 1.807) is 29.2 Å². The first-order chi connectivity index (χ1) is 11.1. The lowest BCUT2D eigenvalue weighted by Crippen LogP contribution is -2.33. The number of amides is 1. The number of carboxylic acids is 1. The predicted molar refractivity (Wildman–Crippen MR) is 94.1 cm³/mol. The van der Waals surface area contributed by atoms with Gasteiger partial charge in [0.05, 0.1) is 5.56 Å². The van der Waals surface area contributed by atoms with Gasteiger partial charge in [0, 0.05) is 28.0 Å². The molecule has 1 amide bonds. The van der Waals surface area contributed by atoms with Crippen molar-refractivity contribution in [2.75, 3.05) is 0 Å². The minimum Gasteiger partial charge on any atom is -0.481 e. The number of thiophene rings is 1. The van der Waals surface area contributed by atoms with Gasteiger partial charge in [-0.2, -0.15) is 0 Å². The highest BCUT2D eigenvalue weighted by atomic mass is 32.2. The van der Waals surface area contributed by atoms with Crippen LogP contribution in [0.25, 0.3) is 0 Å². The molecule has 0 aliphatic heterocycles. The van der Waals surface area contributed by atoms with Gasteiger partial charge in [-0.1, -0.05) is 18.2 Å². The molecule has 0 saturated carbocycles. The van der Waals surface area contributed by atoms with Gasteiger partial charge >= 0.3 is 5.97 Å². The molecule has 0 fully saturated rings. The first kappa shape index (κ1) is 17.6. The Balaban J connectivity index is 1.98. The molecular weight excluding hydrogens is 330 g/mol. The molecule has 0 radical (unpaired) electrons. The summed E-state index contributed by atoms with van der Waals surface area (Å²) in [5.41, 5.74) is 0.635. The molecule has 0 spiro atoms. The fraction of sp³-hybridized carbons (Fsp3) is 0.294. The third-order valence-electron chi connectivity index (χ3n) is 3.25. The van der Waals surface area contributed by atoms with Crippen molar-refractivity contribution in [2.45, 2.75) is 36.5 Å². The minimum absolute atomic E-state index is 0.0518. The number of thioether (sulfide) groups is 1. The lowest BCUT2D eigenvalue weighted by molar-refractivity contribution is -0.137. The van der Waals surface area contributed by atoms with Crippen LogP contribution < -0.4 is 5.32 Å². The zero-order chi connectivity index (χ0) is 16.7. The van der Waals surface area contributed by atoms with Crippen molar-refractivity contribution in [2.24, 2.45) is 0 Å². The highest BCUT2D eigenvalue weighted by Gasteiger charge is 2.14. The molecule has 0 aliphatic rings. The Hall–Kier alpha value is -1.79. The number of rotatable bonds is 8. The molecular formula is C17H19NO3S2. The van der Waals surface area contributed by atoms with Crippen LogP contribution >= 0.6 is 23.1 Å². The van der Waals surface area contributed by atoms with E-state index in [-0.39, 0.29) is 18.4 Å². The number of benzene rings is 1. The van der Waals surface area contributed by atoms with Gasteiger partial charge in [0.15, 0.2) is 0 Å². The Labute approximate surface area is 143 Å². The van der Waals surface area contributed by atoms with Gasteiger partial charge in [0.2, 0.25) is 0 Å². The Bertz CT molecular complexity index is 656. The summed E-state index contributed by atoms with van der Waals surface area (Å²) in [7, 11) is 0. The van der Waals surface area contributed by atoms with Crippen LogP contribution in [-0.2, 0) is 10.5 Å². The largest absolute Gasteiger partial charge is 0.481 e. The van der Waals surface area contributed by atoms with Crippen LogP contribution in [0.2, 0.25) is 0 Å². The fourth-order valence-electron chi connectivity index (χ4n) is 2.04. The summed E-state index contributed by atoms with van der Waals surface area (Å²) in [6, 6.07) is 11.4. The maximum absolute atomic E-state index is 12.4. The summed E-state index contributed by atoms with van der Waals surface area (Å²) >= 11 is 3.33. The average molecular weight is 349 g/mol. The van der Waals surface area contributed by atoms with Crippen molar-refractivity contribution in [3.8, 4) is 0 Å². The second kappa shape index (κ2) is 8.74. The average Bonchev–Trinajstić information content (AvgIpc) is 3.04. The molecule has 122 valence electrons. The van der Waals surface area contributed by atoms with Crippen LogP contribution in [0.1, 0.15) is 35.0 Å². The van der Waals surface area contributed by atoms with Gasteiger partial charge in [-0.3, -0.25) is 9.59 Å². The van der Waals surface area contributed by atoms with Crippen molar-refractivity contribution in [3.05, 3.63) is 52.2 Å². The number of carbonyl (C=O) groups excluding carboxylic acids is 1. The lowest BCUT2D eigenvalue weighted by Gasteiger charge is -2.14. The quantitative estimate of drug-likeness (QED) is 0.706. The standard InChI is InChI=1S/C17H19NO3S2/c1-12(8-9-16(19)20)18-17(21)14-6-2-3-7-15(14)23-11-13-5-4-10-22-13/h2-7,10,12H,8-9,11H2,1H3,(H,18,21)(H,19,20). The topological polar surface area (TPSA) is 66.4 Å². The molecule has 1 aromatic heterocycles. The minimum atomic E-state index is -0.849. The van der Waals surface area contributed by atoms with Crippen LogP contribution in [0.3, 0.4) is 0 Å². The molecule has 4 nitrogen and oxygen atoms in total. The van der Waals surface area contributed by atoms with Crippen LogP contribution in [0.15, 0.2) is 46.7 Å². The van der Waals surface area contributed by atoms with Gasteiger partial charge in [-0.25, -0.2) is 0 Å². The maximum Gasteiger partial charge on any atom is 0.303 e. The third kappa shape index (κ3) is 5.73. The maximum atomic E-state index is 12.4. The second-order valence-electron chi connectivity index (χ2n) is 5.17. The van der Waals surface area contributed by atoms with Gasteiger partial charge in [-0.15, -0.1) is 23.1 Å². The van der Waals surface area contributed by atoms with Crippen molar-refractivity contribution < 1.29 is 14.7 Å². The van der Waals surface area contributed by atoms with E-state index >= 15 is 0 Å². The lowest BCUT2D eigenvalue weighted by atomic mass is 10.1. The number of hydrogen-bond acceptors (Lipinski definition) is 4. The van der Waals surface area contributed by atoms with E-state index in [0.717, 1.165) is 10.6 Å². The SMILES string of the molecule is CC(CCC(=O)O)NC(=O)c1ccccc1SCc1cccs1. The highest BCUT2D eigenvalue weighted by molar-refractivity contribution is 7.98. The third-order valence-corrected chi connectivity index (χ3v) is 5.43. The first-order valence-electron chi connectivity index (χ1n) is 7.33. The Morgan fingerprint density at radius 1 is 1.26 bits per heavy atom. The predicted octanol–water partition coefficient (Wildman–Crippen LogP) is 4.02. The Kier molecular flexibility index (Phi) is 6.67. The monoisotopic (exact) mass is 349 g/mol. The van der Waals surface area contributed by atoms with E-state index in [1.807, 2.05) is 36.6 Å². The fourth-order valence-corrected chi connectivity index (χ4v) is 3.86. The number of carboxylic acid groups (broad SMARTS) is 1. The van der Waals surface area contributed by atoms with E-state index in [2.05, 4.69) is 11.4 Å². The first-order valence-corrected chi connectivity index (χ1v) is 9.19. The van der Waals surface area contributed by atoms with Crippen molar-refractivity contribution in [1.82, 2.24) is 5.32 Å². The molecule has 0 bridgehead atoms. The van der Waals surface area contributed by atoms with Gasteiger partial charge in [0.25, 0.3) is 5.91 Å². The number of aliphatic carboxylic acids is 1.